The van der Waals surface area contributed by atoms with Gasteiger partial charge in [0.05, 0.1) is 36.1 Å². The fourth-order valence-corrected chi connectivity index (χ4v) is 2.90. The summed E-state index contributed by atoms with van der Waals surface area (Å²) in [6, 6.07) is 8.84. The lowest BCUT2D eigenvalue weighted by atomic mass is 10.0. The molecular weight excluding hydrogens is 320 g/mol. The van der Waals surface area contributed by atoms with Gasteiger partial charge in [-0.15, -0.1) is 0 Å². The standard InChI is InChI=1S/C18H16N4O3/c1-25-17(24)11-2-4-13(5-3-11)18(6-7-18)21-16(23)14-8-12-9-20-22-15(12)10-19-14/h2-5,8-10H,6-7H2,1H3,(H,20,22)(H,21,23). The number of benzene rings is 1. The van der Waals surface area contributed by atoms with Crippen LogP contribution in [-0.4, -0.2) is 34.2 Å². The first-order valence-corrected chi connectivity index (χ1v) is 7.92. The van der Waals surface area contributed by atoms with Crippen LogP contribution in [0.2, 0.25) is 0 Å². The lowest BCUT2D eigenvalue weighted by Gasteiger charge is -2.18. The second-order valence-corrected chi connectivity index (χ2v) is 6.13. The number of amides is 1. The Kier molecular flexibility index (Phi) is 3.49. The van der Waals surface area contributed by atoms with Crippen molar-refractivity contribution in [1.82, 2.24) is 20.5 Å². The molecule has 0 aliphatic heterocycles. The second kappa shape index (κ2) is 5.70. The number of H-pyrrole nitrogens is 1. The van der Waals surface area contributed by atoms with Crippen LogP contribution in [0.1, 0.15) is 39.3 Å². The third kappa shape index (κ3) is 2.73. The largest absolute Gasteiger partial charge is 0.465 e. The lowest BCUT2D eigenvalue weighted by molar-refractivity contribution is 0.0600. The number of carbonyl (C=O) groups is 2. The summed E-state index contributed by atoms with van der Waals surface area (Å²) >= 11 is 0. The summed E-state index contributed by atoms with van der Waals surface area (Å²) < 4.78 is 4.70. The molecule has 7 nitrogen and oxygen atoms in total. The minimum atomic E-state index is -0.390. The molecule has 1 aliphatic carbocycles. The predicted molar refractivity (Wildman–Crippen MR) is 90.0 cm³/mol. The maximum atomic E-state index is 12.6. The molecule has 2 heterocycles. The molecule has 1 amide bonds. The van der Waals surface area contributed by atoms with E-state index in [-0.39, 0.29) is 11.9 Å². The van der Waals surface area contributed by atoms with Gasteiger partial charge in [-0.2, -0.15) is 5.10 Å². The van der Waals surface area contributed by atoms with Crippen LogP contribution in [0.4, 0.5) is 0 Å². The first kappa shape index (κ1) is 15.3. The van der Waals surface area contributed by atoms with Crippen LogP contribution < -0.4 is 5.32 Å². The van der Waals surface area contributed by atoms with Crippen LogP contribution in [0.25, 0.3) is 10.9 Å². The molecule has 0 atom stereocenters. The van der Waals surface area contributed by atoms with Crippen LogP contribution in [0.15, 0.2) is 42.7 Å². The first-order chi connectivity index (χ1) is 12.1. The number of aromatic nitrogens is 3. The number of methoxy groups -OCH3 is 1. The van der Waals surface area contributed by atoms with Gasteiger partial charge in [0.2, 0.25) is 0 Å². The highest BCUT2D eigenvalue weighted by Gasteiger charge is 2.46. The summed E-state index contributed by atoms with van der Waals surface area (Å²) in [5.41, 5.74) is 2.21. The van der Waals surface area contributed by atoms with Gasteiger partial charge < -0.3 is 10.1 Å². The van der Waals surface area contributed by atoms with E-state index in [9.17, 15) is 9.59 Å². The summed E-state index contributed by atoms with van der Waals surface area (Å²) in [5.74, 6) is -0.601. The van der Waals surface area contributed by atoms with E-state index < -0.39 is 5.54 Å². The zero-order valence-corrected chi connectivity index (χ0v) is 13.6. The molecule has 3 aromatic rings. The van der Waals surface area contributed by atoms with Crippen molar-refractivity contribution in [3.63, 3.8) is 0 Å². The molecule has 1 aromatic carbocycles. The van der Waals surface area contributed by atoms with Crippen molar-refractivity contribution in [2.75, 3.05) is 7.11 Å². The van der Waals surface area contributed by atoms with Gasteiger partial charge in [-0.25, -0.2) is 9.78 Å². The van der Waals surface area contributed by atoms with Crippen molar-refractivity contribution in [3.8, 4) is 0 Å². The highest BCUT2D eigenvalue weighted by Crippen LogP contribution is 2.45. The third-order valence-corrected chi connectivity index (χ3v) is 4.52. The highest BCUT2D eigenvalue weighted by atomic mass is 16.5. The van der Waals surface area contributed by atoms with E-state index >= 15 is 0 Å². The van der Waals surface area contributed by atoms with Crippen LogP contribution in [0.5, 0.6) is 0 Å². The number of esters is 1. The summed E-state index contributed by atoms with van der Waals surface area (Å²) in [4.78, 5) is 28.3. The number of rotatable bonds is 4. The first-order valence-electron chi connectivity index (χ1n) is 7.92. The number of pyridine rings is 1. The number of nitrogens with one attached hydrogen (secondary N) is 2. The Balaban J connectivity index is 1.54. The number of hydrogen-bond acceptors (Lipinski definition) is 5. The van der Waals surface area contributed by atoms with Gasteiger partial charge in [-0.05, 0) is 36.6 Å². The molecule has 2 N–H and O–H groups in total. The molecule has 0 radical (unpaired) electrons. The van der Waals surface area contributed by atoms with E-state index in [1.165, 1.54) is 7.11 Å². The Hall–Kier alpha value is -3.22. The Morgan fingerprint density at radius 3 is 2.64 bits per heavy atom. The molecule has 126 valence electrons. The molecule has 25 heavy (non-hydrogen) atoms. The Morgan fingerprint density at radius 1 is 1.20 bits per heavy atom. The quantitative estimate of drug-likeness (QED) is 0.712. The highest BCUT2D eigenvalue weighted by molar-refractivity contribution is 5.96. The van der Waals surface area contributed by atoms with Crippen molar-refractivity contribution < 1.29 is 14.3 Å². The molecule has 0 spiro atoms. The Bertz CT molecular complexity index is 958. The summed E-state index contributed by atoms with van der Waals surface area (Å²) in [7, 11) is 1.35. The van der Waals surface area contributed by atoms with E-state index in [0.29, 0.717) is 11.3 Å². The average molecular weight is 336 g/mol. The lowest BCUT2D eigenvalue weighted by Crippen LogP contribution is -2.35. The minimum Gasteiger partial charge on any atom is -0.465 e. The van der Waals surface area contributed by atoms with Crippen LogP contribution in [0, 0.1) is 0 Å². The van der Waals surface area contributed by atoms with Crippen molar-refractivity contribution in [2.24, 2.45) is 0 Å². The van der Waals surface area contributed by atoms with Crippen molar-refractivity contribution in [2.45, 2.75) is 18.4 Å². The monoisotopic (exact) mass is 336 g/mol. The normalized spacial score (nSPS) is 14.9. The van der Waals surface area contributed by atoms with E-state index in [0.717, 1.165) is 29.3 Å². The molecule has 0 saturated heterocycles. The number of hydrogen-bond donors (Lipinski definition) is 2. The summed E-state index contributed by atoms with van der Waals surface area (Å²) in [6.45, 7) is 0. The van der Waals surface area contributed by atoms with Gasteiger partial charge >= 0.3 is 5.97 Å². The molecule has 4 rings (SSSR count). The molecule has 7 heteroatoms. The van der Waals surface area contributed by atoms with E-state index in [2.05, 4.69) is 20.5 Å². The van der Waals surface area contributed by atoms with Gasteiger partial charge in [0, 0.05) is 5.39 Å². The molecule has 0 unspecified atom stereocenters. The van der Waals surface area contributed by atoms with Gasteiger partial charge in [-0.1, -0.05) is 12.1 Å². The number of carbonyl (C=O) groups excluding carboxylic acids is 2. The van der Waals surface area contributed by atoms with Crippen molar-refractivity contribution in [3.05, 3.63) is 59.5 Å². The maximum absolute atomic E-state index is 12.6. The Morgan fingerprint density at radius 2 is 1.96 bits per heavy atom. The van der Waals surface area contributed by atoms with Crippen molar-refractivity contribution >= 4 is 22.8 Å². The predicted octanol–water partition coefficient (Wildman–Crippen LogP) is 2.16. The number of nitrogens with zero attached hydrogens (tertiary/aromatic N) is 2. The van der Waals surface area contributed by atoms with E-state index in [1.54, 1.807) is 30.6 Å². The van der Waals surface area contributed by atoms with Crippen LogP contribution >= 0.6 is 0 Å². The maximum Gasteiger partial charge on any atom is 0.337 e. The van der Waals surface area contributed by atoms with Gasteiger partial charge in [0.25, 0.3) is 5.91 Å². The fourth-order valence-electron chi connectivity index (χ4n) is 2.90. The third-order valence-electron chi connectivity index (χ3n) is 4.52. The summed E-state index contributed by atoms with van der Waals surface area (Å²) in [6.07, 6.45) is 4.96. The average Bonchev–Trinajstić information content (AvgIpc) is 3.27. The molecule has 1 fully saturated rings. The molecule has 2 aromatic heterocycles. The molecular formula is C18H16N4O3. The van der Waals surface area contributed by atoms with Crippen molar-refractivity contribution in [1.29, 1.82) is 0 Å². The number of aromatic amines is 1. The van der Waals surface area contributed by atoms with E-state index in [4.69, 9.17) is 4.74 Å². The molecule has 0 bridgehead atoms. The minimum absolute atomic E-state index is 0.224. The fraction of sp³-hybridized carbons (Fsp3) is 0.222. The zero-order chi connectivity index (χ0) is 17.4. The summed E-state index contributed by atoms with van der Waals surface area (Å²) in [5, 5.41) is 10.7. The SMILES string of the molecule is COC(=O)c1ccc(C2(NC(=O)c3cc4cn[nH]c4cn3)CC2)cc1. The number of fused-ring (bicyclic) bond motifs is 1. The smallest absolute Gasteiger partial charge is 0.337 e. The topological polar surface area (TPSA) is 97.0 Å². The molecule has 1 aliphatic rings. The molecule has 1 saturated carbocycles. The van der Waals surface area contributed by atoms with Crippen LogP contribution in [-0.2, 0) is 10.3 Å². The van der Waals surface area contributed by atoms with Gasteiger partial charge in [-0.3, -0.25) is 9.89 Å². The van der Waals surface area contributed by atoms with Gasteiger partial charge in [0.15, 0.2) is 0 Å². The van der Waals surface area contributed by atoms with E-state index in [1.807, 2.05) is 12.1 Å². The Labute approximate surface area is 143 Å². The van der Waals surface area contributed by atoms with Gasteiger partial charge in [0.1, 0.15) is 5.69 Å². The number of ether oxygens (including phenoxy) is 1. The zero-order valence-electron chi connectivity index (χ0n) is 13.6. The second-order valence-electron chi connectivity index (χ2n) is 6.13. The van der Waals surface area contributed by atoms with Crippen LogP contribution in [0.3, 0.4) is 0 Å².